The molecular weight excluding hydrogens is 392 g/mol. The summed E-state index contributed by atoms with van der Waals surface area (Å²) in [4.78, 5) is 3.94. The van der Waals surface area contributed by atoms with Gasteiger partial charge in [0.05, 0.1) is 0 Å². The van der Waals surface area contributed by atoms with Crippen LogP contribution in [0.4, 0.5) is 0 Å². The lowest BCUT2D eigenvalue weighted by Gasteiger charge is -2.20. The number of halogens is 1. The lowest BCUT2D eigenvalue weighted by atomic mass is 10.2. The second-order valence-corrected chi connectivity index (χ2v) is 7.81. The summed E-state index contributed by atoms with van der Waals surface area (Å²) in [7, 11) is -3.61. The third-order valence-electron chi connectivity index (χ3n) is 3.36. The molecule has 0 saturated carbocycles. The quantitative estimate of drug-likeness (QED) is 0.725. The number of pyridine rings is 1. The van der Waals surface area contributed by atoms with Crippen LogP contribution in [0.5, 0.6) is 0 Å². The van der Waals surface area contributed by atoms with Crippen molar-refractivity contribution in [1.29, 1.82) is 0 Å². The first kappa shape index (κ1) is 18.8. The van der Waals surface area contributed by atoms with Crippen LogP contribution in [-0.4, -0.2) is 36.0 Å². The van der Waals surface area contributed by atoms with Crippen molar-refractivity contribution in [1.82, 2.24) is 9.29 Å². The monoisotopic (exact) mass is 410 g/mol. The minimum Gasteiger partial charge on any atom is -0.396 e. The molecule has 2 aromatic rings. The van der Waals surface area contributed by atoms with Gasteiger partial charge in [0, 0.05) is 42.0 Å². The maximum Gasteiger partial charge on any atom is 0.236 e. The molecule has 1 heterocycles. The zero-order chi connectivity index (χ0) is 17.4. The Balaban J connectivity index is 2.21. The lowest BCUT2D eigenvalue weighted by molar-refractivity contribution is 0.268. The van der Waals surface area contributed by atoms with Gasteiger partial charge in [0.2, 0.25) is 10.0 Å². The van der Waals surface area contributed by atoms with Gasteiger partial charge in [-0.15, -0.1) is 0 Å². The molecule has 0 aliphatic heterocycles. The summed E-state index contributed by atoms with van der Waals surface area (Å²) in [6.07, 6.45) is 5.21. The number of aliphatic hydroxyl groups excluding tert-OH is 1. The Bertz CT molecular complexity index is 779. The van der Waals surface area contributed by atoms with Crippen LogP contribution < -0.4 is 0 Å². The highest BCUT2D eigenvalue weighted by molar-refractivity contribution is 9.10. The number of sulfonamides is 1. The molecular formula is C17H19BrN2O3S. The highest BCUT2D eigenvalue weighted by Gasteiger charge is 2.19. The van der Waals surface area contributed by atoms with Crippen molar-refractivity contribution in [2.45, 2.75) is 13.0 Å². The normalized spacial score (nSPS) is 12.1. The van der Waals surface area contributed by atoms with Gasteiger partial charge in [0.25, 0.3) is 0 Å². The molecule has 128 valence electrons. The Labute approximate surface area is 150 Å². The minimum atomic E-state index is -3.61. The molecule has 1 aromatic heterocycles. The maximum absolute atomic E-state index is 12.7. The molecule has 0 aliphatic carbocycles. The first-order valence-corrected chi connectivity index (χ1v) is 9.75. The number of aromatic nitrogens is 1. The lowest BCUT2D eigenvalue weighted by Crippen LogP contribution is -2.30. The number of aliphatic hydroxyl groups is 1. The predicted molar refractivity (Wildman–Crippen MR) is 98.4 cm³/mol. The highest BCUT2D eigenvalue weighted by Crippen LogP contribution is 2.19. The average molecular weight is 411 g/mol. The van der Waals surface area contributed by atoms with E-state index in [0.717, 1.165) is 15.6 Å². The van der Waals surface area contributed by atoms with Crippen molar-refractivity contribution in [3.8, 4) is 0 Å². The summed E-state index contributed by atoms with van der Waals surface area (Å²) >= 11 is 3.40. The fourth-order valence-corrected chi connectivity index (χ4v) is 3.71. The highest BCUT2D eigenvalue weighted by atomic mass is 79.9. The summed E-state index contributed by atoms with van der Waals surface area (Å²) < 4.78 is 27.5. The van der Waals surface area contributed by atoms with Crippen LogP contribution in [0, 0.1) is 0 Å². The van der Waals surface area contributed by atoms with E-state index in [2.05, 4.69) is 20.9 Å². The van der Waals surface area contributed by atoms with E-state index in [4.69, 9.17) is 5.11 Å². The Kier molecular flexibility index (Phi) is 7.11. The number of rotatable bonds is 8. The molecule has 0 bridgehead atoms. The van der Waals surface area contributed by atoms with Crippen LogP contribution in [-0.2, 0) is 16.6 Å². The van der Waals surface area contributed by atoms with Crippen molar-refractivity contribution in [2.75, 3.05) is 13.2 Å². The van der Waals surface area contributed by atoms with E-state index in [1.54, 1.807) is 30.6 Å². The largest absolute Gasteiger partial charge is 0.396 e. The van der Waals surface area contributed by atoms with Gasteiger partial charge in [0.15, 0.2) is 0 Å². The van der Waals surface area contributed by atoms with E-state index in [1.807, 2.05) is 24.3 Å². The maximum atomic E-state index is 12.7. The van der Waals surface area contributed by atoms with E-state index >= 15 is 0 Å². The zero-order valence-corrected chi connectivity index (χ0v) is 15.4. The molecule has 2 rings (SSSR count). The van der Waals surface area contributed by atoms with E-state index in [1.165, 1.54) is 9.71 Å². The van der Waals surface area contributed by atoms with Crippen LogP contribution in [0.15, 0.2) is 58.7 Å². The molecule has 1 N–H and O–H groups in total. The second-order valence-electron chi connectivity index (χ2n) is 5.14. The molecule has 0 fully saturated rings. The second kappa shape index (κ2) is 9.08. The van der Waals surface area contributed by atoms with Gasteiger partial charge in [-0.25, -0.2) is 8.42 Å². The molecule has 24 heavy (non-hydrogen) atoms. The van der Waals surface area contributed by atoms with Gasteiger partial charge >= 0.3 is 0 Å². The third kappa shape index (κ3) is 5.52. The van der Waals surface area contributed by atoms with Crippen LogP contribution in [0.2, 0.25) is 0 Å². The van der Waals surface area contributed by atoms with Gasteiger partial charge in [-0.2, -0.15) is 4.31 Å². The van der Waals surface area contributed by atoms with E-state index in [9.17, 15) is 8.42 Å². The Morgan fingerprint density at radius 2 is 1.88 bits per heavy atom. The SMILES string of the molecule is O=S(=O)(C=Cc1ccccc1Br)N(CCCO)Cc1ccncc1. The first-order chi connectivity index (χ1) is 11.5. The molecule has 0 amide bonds. The molecule has 1 aromatic carbocycles. The van der Waals surface area contributed by atoms with Crippen LogP contribution in [0.1, 0.15) is 17.5 Å². The van der Waals surface area contributed by atoms with Crippen molar-refractivity contribution >= 4 is 32.0 Å². The molecule has 0 unspecified atom stereocenters. The molecule has 0 aliphatic rings. The first-order valence-electron chi connectivity index (χ1n) is 7.45. The Morgan fingerprint density at radius 1 is 1.17 bits per heavy atom. The molecule has 0 saturated heterocycles. The molecule has 7 heteroatoms. The fraction of sp³-hybridized carbons (Fsp3) is 0.235. The van der Waals surface area contributed by atoms with Crippen molar-refractivity contribution in [3.05, 3.63) is 69.8 Å². The number of benzene rings is 1. The topological polar surface area (TPSA) is 70.5 Å². The fourth-order valence-electron chi connectivity index (χ4n) is 2.09. The standard InChI is InChI=1S/C17H19BrN2O3S/c18-17-5-2-1-4-16(17)8-13-24(22,23)20(11-3-12-21)14-15-6-9-19-10-7-15/h1-2,4-10,13,21H,3,11-12,14H2. The van der Waals surface area contributed by atoms with E-state index < -0.39 is 10.0 Å². The average Bonchev–Trinajstić information content (AvgIpc) is 2.58. The summed E-state index contributed by atoms with van der Waals surface area (Å²) in [5.74, 6) is 0. The van der Waals surface area contributed by atoms with Gasteiger partial charge in [-0.05, 0) is 41.8 Å². The molecule has 0 atom stereocenters. The molecule has 5 nitrogen and oxygen atoms in total. The summed E-state index contributed by atoms with van der Waals surface area (Å²) in [5.41, 5.74) is 1.63. The smallest absolute Gasteiger partial charge is 0.236 e. The van der Waals surface area contributed by atoms with Crippen molar-refractivity contribution in [3.63, 3.8) is 0 Å². The number of nitrogens with zero attached hydrogens (tertiary/aromatic N) is 2. The van der Waals surface area contributed by atoms with Gasteiger partial charge < -0.3 is 5.11 Å². The van der Waals surface area contributed by atoms with Crippen LogP contribution >= 0.6 is 15.9 Å². The van der Waals surface area contributed by atoms with Gasteiger partial charge in [-0.3, -0.25) is 4.98 Å². The third-order valence-corrected chi connectivity index (χ3v) is 5.59. The van der Waals surface area contributed by atoms with Crippen molar-refractivity contribution in [2.24, 2.45) is 0 Å². The van der Waals surface area contributed by atoms with Gasteiger partial charge in [0.1, 0.15) is 0 Å². The van der Waals surface area contributed by atoms with Crippen LogP contribution in [0.25, 0.3) is 6.08 Å². The predicted octanol–water partition coefficient (Wildman–Crippen LogP) is 3.03. The zero-order valence-electron chi connectivity index (χ0n) is 13.0. The summed E-state index contributed by atoms with van der Waals surface area (Å²) in [6.45, 7) is 0.433. The minimum absolute atomic E-state index is 0.0592. The molecule has 0 radical (unpaired) electrons. The van der Waals surface area contributed by atoms with Crippen molar-refractivity contribution < 1.29 is 13.5 Å². The summed E-state index contributed by atoms with van der Waals surface area (Å²) in [5, 5.41) is 10.2. The Hall–Kier alpha value is -1.54. The van der Waals surface area contributed by atoms with E-state index in [-0.39, 0.29) is 19.7 Å². The van der Waals surface area contributed by atoms with E-state index in [0.29, 0.717) is 6.42 Å². The van der Waals surface area contributed by atoms with Gasteiger partial charge in [-0.1, -0.05) is 34.1 Å². The number of hydrogen-bond acceptors (Lipinski definition) is 4. The Morgan fingerprint density at radius 3 is 2.54 bits per heavy atom. The summed E-state index contributed by atoms with van der Waals surface area (Å²) in [6, 6.07) is 11.0. The number of hydrogen-bond donors (Lipinski definition) is 1. The van der Waals surface area contributed by atoms with Crippen LogP contribution in [0.3, 0.4) is 0 Å². The molecule has 0 spiro atoms.